The number of H-pyrrole nitrogens is 1. The van der Waals surface area contributed by atoms with Crippen molar-refractivity contribution in [2.24, 2.45) is 0 Å². The standard InChI is InChI=1S/C17H28N4O/c1-3-14-13-11-21(10-9-15(13)20-19-14)16(4-2)17(22)18-12-7-5-6-8-12/h12,16H,3-11H2,1-2H3,(H,18,22)(H,19,20)/t16-/m0/s1. The first-order chi connectivity index (χ1) is 10.7. The Labute approximate surface area is 132 Å². The lowest BCUT2D eigenvalue weighted by molar-refractivity contribution is -0.127. The molecule has 0 radical (unpaired) electrons. The van der Waals surface area contributed by atoms with E-state index >= 15 is 0 Å². The molecule has 0 bridgehead atoms. The molecule has 5 nitrogen and oxygen atoms in total. The van der Waals surface area contributed by atoms with Gasteiger partial charge in [-0.3, -0.25) is 14.8 Å². The Morgan fingerprint density at radius 1 is 1.41 bits per heavy atom. The van der Waals surface area contributed by atoms with Crippen LogP contribution in [-0.4, -0.2) is 39.6 Å². The number of hydrogen-bond acceptors (Lipinski definition) is 3. The van der Waals surface area contributed by atoms with Crippen LogP contribution in [0.3, 0.4) is 0 Å². The van der Waals surface area contributed by atoms with Gasteiger partial charge in [-0.25, -0.2) is 0 Å². The lowest BCUT2D eigenvalue weighted by Gasteiger charge is -2.33. The van der Waals surface area contributed by atoms with Gasteiger partial charge in [-0.1, -0.05) is 26.7 Å². The minimum absolute atomic E-state index is 0.00615. The van der Waals surface area contributed by atoms with E-state index in [1.54, 1.807) is 0 Å². The summed E-state index contributed by atoms with van der Waals surface area (Å²) in [5, 5.41) is 10.8. The first-order valence-electron chi connectivity index (χ1n) is 8.82. The molecule has 1 aromatic rings. The van der Waals surface area contributed by atoms with Crippen LogP contribution < -0.4 is 5.32 Å². The van der Waals surface area contributed by atoms with Gasteiger partial charge in [0.25, 0.3) is 0 Å². The van der Waals surface area contributed by atoms with Crippen LogP contribution in [0, 0.1) is 0 Å². The number of aromatic nitrogens is 2. The van der Waals surface area contributed by atoms with Crippen molar-refractivity contribution in [2.45, 2.75) is 77.4 Å². The number of carbonyl (C=O) groups excluding carboxylic acids is 1. The molecule has 1 aliphatic heterocycles. The summed E-state index contributed by atoms with van der Waals surface area (Å²) in [4.78, 5) is 15.0. The largest absolute Gasteiger partial charge is 0.352 e. The highest BCUT2D eigenvalue weighted by Gasteiger charge is 2.31. The number of rotatable bonds is 5. The molecule has 0 saturated heterocycles. The Morgan fingerprint density at radius 2 is 2.18 bits per heavy atom. The van der Waals surface area contributed by atoms with E-state index in [4.69, 9.17) is 0 Å². The maximum absolute atomic E-state index is 12.7. The second kappa shape index (κ2) is 6.82. The third-order valence-electron chi connectivity index (χ3n) is 5.22. The van der Waals surface area contributed by atoms with Crippen molar-refractivity contribution in [3.8, 4) is 0 Å². The minimum atomic E-state index is -0.00615. The number of aromatic amines is 1. The quantitative estimate of drug-likeness (QED) is 0.876. The summed E-state index contributed by atoms with van der Waals surface area (Å²) in [6.45, 7) is 6.05. The average Bonchev–Trinajstić information content (AvgIpc) is 3.16. The topological polar surface area (TPSA) is 61.0 Å². The molecular formula is C17H28N4O. The van der Waals surface area contributed by atoms with Crippen molar-refractivity contribution in [3.05, 3.63) is 17.0 Å². The molecule has 5 heteroatoms. The highest BCUT2D eigenvalue weighted by atomic mass is 16.2. The molecule has 1 atom stereocenters. The van der Waals surface area contributed by atoms with Crippen LogP contribution in [0.15, 0.2) is 0 Å². The molecule has 1 fully saturated rings. The van der Waals surface area contributed by atoms with Crippen molar-refractivity contribution in [2.75, 3.05) is 6.54 Å². The summed E-state index contributed by atoms with van der Waals surface area (Å²) in [6, 6.07) is 0.399. The van der Waals surface area contributed by atoms with E-state index in [1.807, 2.05) is 0 Å². The molecule has 2 heterocycles. The van der Waals surface area contributed by atoms with Gasteiger partial charge in [-0.2, -0.15) is 5.10 Å². The Balaban J connectivity index is 1.67. The van der Waals surface area contributed by atoms with Gasteiger partial charge in [-0.05, 0) is 25.7 Å². The summed E-state index contributed by atoms with van der Waals surface area (Å²) in [5.41, 5.74) is 3.74. The van der Waals surface area contributed by atoms with Crippen LogP contribution in [-0.2, 0) is 24.2 Å². The third-order valence-corrected chi connectivity index (χ3v) is 5.22. The minimum Gasteiger partial charge on any atom is -0.352 e. The second-order valence-corrected chi connectivity index (χ2v) is 6.62. The summed E-state index contributed by atoms with van der Waals surface area (Å²) >= 11 is 0. The molecule has 0 aromatic carbocycles. The number of carbonyl (C=O) groups is 1. The highest BCUT2D eigenvalue weighted by Crippen LogP contribution is 2.24. The smallest absolute Gasteiger partial charge is 0.237 e. The van der Waals surface area contributed by atoms with E-state index < -0.39 is 0 Å². The van der Waals surface area contributed by atoms with Crippen molar-refractivity contribution in [1.82, 2.24) is 20.4 Å². The zero-order chi connectivity index (χ0) is 15.5. The Hall–Kier alpha value is -1.36. The zero-order valence-electron chi connectivity index (χ0n) is 13.8. The van der Waals surface area contributed by atoms with Crippen molar-refractivity contribution >= 4 is 5.91 Å². The van der Waals surface area contributed by atoms with E-state index in [9.17, 15) is 4.79 Å². The van der Waals surface area contributed by atoms with Crippen LogP contribution in [0.5, 0.6) is 0 Å². The van der Waals surface area contributed by atoms with Crippen LogP contribution in [0.25, 0.3) is 0 Å². The average molecular weight is 304 g/mol. The van der Waals surface area contributed by atoms with Gasteiger partial charge in [-0.15, -0.1) is 0 Å². The van der Waals surface area contributed by atoms with E-state index in [0.717, 1.165) is 50.9 Å². The fraction of sp³-hybridized carbons (Fsp3) is 0.765. The highest BCUT2D eigenvalue weighted by molar-refractivity contribution is 5.82. The fourth-order valence-corrected chi connectivity index (χ4v) is 3.91. The maximum atomic E-state index is 12.7. The number of fused-ring (bicyclic) bond motifs is 1. The van der Waals surface area contributed by atoms with E-state index in [-0.39, 0.29) is 11.9 Å². The lowest BCUT2D eigenvalue weighted by Crippen LogP contribution is -2.50. The molecule has 22 heavy (non-hydrogen) atoms. The molecule has 0 unspecified atom stereocenters. The number of aryl methyl sites for hydroxylation is 1. The molecule has 1 saturated carbocycles. The number of amides is 1. The van der Waals surface area contributed by atoms with Crippen LogP contribution in [0.2, 0.25) is 0 Å². The predicted molar refractivity (Wildman–Crippen MR) is 86.6 cm³/mol. The Bertz CT molecular complexity index is 505. The molecule has 2 aliphatic rings. The van der Waals surface area contributed by atoms with E-state index in [2.05, 4.69) is 34.3 Å². The molecule has 2 N–H and O–H groups in total. The normalized spacial score (nSPS) is 20.8. The second-order valence-electron chi connectivity index (χ2n) is 6.62. The fourth-order valence-electron chi connectivity index (χ4n) is 3.91. The first kappa shape index (κ1) is 15.5. The van der Waals surface area contributed by atoms with Gasteiger partial charge < -0.3 is 5.32 Å². The van der Waals surface area contributed by atoms with Crippen molar-refractivity contribution < 1.29 is 4.79 Å². The van der Waals surface area contributed by atoms with Crippen molar-refractivity contribution in [3.63, 3.8) is 0 Å². The maximum Gasteiger partial charge on any atom is 0.237 e. The van der Waals surface area contributed by atoms with E-state index in [0.29, 0.717) is 6.04 Å². The Kier molecular flexibility index (Phi) is 4.81. The van der Waals surface area contributed by atoms with E-state index in [1.165, 1.54) is 24.1 Å². The number of hydrogen-bond donors (Lipinski definition) is 2. The van der Waals surface area contributed by atoms with Gasteiger partial charge in [0.1, 0.15) is 0 Å². The lowest BCUT2D eigenvalue weighted by atomic mass is 10.0. The first-order valence-corrected chi connectivity index (χ1v) is 8.82. The zero-order valence-corrected chi connectivity index (χ0v) is 13.8. The summed E-state index contributed by atoms with van der Waals surface area (Å²) in [7, 11) is 0. The van der Waals surface area contributed by atoms with Crippen LogP contribution in [0.4, 0.5) is 0 Å². The third kappa shape index (κ3) is 3.05. The predicted octanol–water partition coefficient (Wildman–Crippen LogP) is 2.17. The summed E-state index contributed by atoms with van der Waals surface area (Å²) < 4.78 is 0. The number of nitrogens with zero attached hydrogens (tertiary/aromatic N) is 2. The molecule has 1 amide bonds. The van der Waals surface area contributed by atoms with Gasteiger partial charge in [0.2, 0.25) is 5.91 Å². The molecule has 122 valence electrons. The molecule has 1 aliphatic carbocycles. The van der Waals surface area contributed by atoms with Gasteiger partial charge in [0.15, 0.2) is 0 Å². The van der Waals surface area contributed by atoms with Gasteiger partial charge in [0, 0.05) is 36.8 Å². The summed E-state index contributed by atoms with van der Waals surface area (Å²) in [5.74, 6) is 0.222. The monoisotopic (exact) mass is 304 g/mol. The van der Waals surface area contributed by atoms with Gasteiger partial charge >= 0.3 is 0 Å². The molecule has 3 rings (SSSR count). The molecule has 1 aromatic heterocycles. The van der Waals surface area contributed by atoms with Crippen LogP contribution in [0.1, 0.15) is 62.9 Å². The SMILES string of the molecule is CCc1n[nH]c2c1CN([C@@H](CC)C(=O)NC1CCCC1)CC2. The Morgan fingerprint density at radius 3 is 2.86 bits per heavy atom. The van der Waals surface area contributed by atoms with Crippen molar-refractivity contribution in [1.29, 1.82) is 0 Å². The molecular weight excluding hydrogens is 276 g/mol. The summed E-state index contributed by atoms with van der Waals surface area (Å²) in [6.07, 6.45) is 7.59. The van der Waals surface area contributed by atoms with Crippen LogP contribution >= 0.6 is 0 Å². The van der Waals surface area contributed by atoms with Gasteiger partial charge in [0.05, 0.1) is 11.7 Å². The number of nitrogens with one attached hydrogen (secondary N) is 2. The molecule has 0 spiro atoms.